The molecule has 0 amide bonds. The molecule has 1 heterocycles. The number of nitrogens with zero attached hydrogens (tertiary/aromatic N) is 3. The predicted octanol–water partition coefficient (Wildman–Crippen LogP) is 1.68. The van der Waals surface area contributed by atoms with Crippen molar-refractivity contribution in [2.24, 2.45) is 0 Å². The largest absolute Gasteiger partial charge is 0.494 e. The van der Waals surface area contributed by atoms with Crippen LogP contribution in [-0.2, 0) is 22.1 Å². The lowest BCUT2D eigenvalue weighted by Crippen LogP contribution is -2.07. The van der Waals surface area contributed by atoms with Gasteiger partial charge in [0.15, 0.2) is 9.84 Å². The number of aryl methyl sites for hydroxylation is 1. The van der Waals surface area contributed by atoms with Crippen LogP contribution in [0, 0.1) is 0 Å². The first-order chi connectivity index (χ1) is 10.1. The van der Waals surface area contributed by atoms with Crippen LogP contribution in [0.2, 0.25) is 0 Å². The zero-order chi connectivity index (χ0) is 15.1. The highest BCUT2D eigenvalue weighted by Crippen LogP contribution is 2.08. The second-order valence-corrected chi connectivity index (χ2v) is 7.02. The lowest BCUT2D eigenvalue weighted by molar-refractivity contribution is 0.298. The maximum Gasteiger partial charge on any atom is 0.155 e. The molecule has 0 N–H and O–H groups in total. The Hall–Kier alpha value is -1.89. The summed E-state index contributed by atoms with van der Waals surface area (Å²) in [5.41, 5.74) is 0.487. The van der Waals surface area contributed by atoms with Crippen LogP contribution in [0.25, 0.3) is 0 Å². The van der Waals surface area contributed by atoms with E-state index < -0.39 is 9.84 Å². The molecular weight excluding hydrogens is 290 g/mol. The summed E-state index contributed by atoms with van der Waals surface area (Å²) >= 11 is 0. The van der Waals surface area contributed by atoms with Crippen molar-refractivity contribution >= 4 is 9.84 Å². The molecule has 0 fully saturated rings. The molecule has 21 heavy (non-hydrogen) atoms. The summed E-state index contributed by atoms with van der Waals surface area (Å²) in [5, 5.41) is 7.81. The minimum Gasteiger partial charge on any atom is -0.494 e. The Labute approximate surface area is 124 Å². The van der Waals surface area contributed by atoms with E-state index in [2.05, 4.69) is 10.3 Å². The molecule has 7 heteroatoms. The van der Waals surface area contributed by atoms with Gasteiger partial charge in [0, 0.05) is 24.9 Å². The zero-order valence-electron chi connectivity index (χ0n) is 12.0. The van der Waals surface area contributed by atoms with Crippen molar-refractivity contribution in [3.8, 4) is 5.75 Å². The summed E-state index contributed by atoms with van der Waals surface area (Å²) in [5.74, 6) is 0.903. The second kappa shape index (κ2) is 7.21. The molecule has 1 aromatic heterocycles. The molecule has 2 aromatic rings. The first-order valence-electron chi connectivity index (χ1n) is 6.86. The third-order valence-corrected chi connectivity index (χ3v) is 4.55. The normalized spacial score (nSPS) is 11.5. The van der Waals surface area contributed by atoms with Crippen LogP contribution in [0.5, 0.6) is 5.75 Å². The van der Waals surface area contributed by atoms with Crippen molar-refractivity contribution in [1.29, 1.82) is 0 Å². The molecule has 0 radical (unpaired) electrons. The molecule has 0 bridgehead atoms. The number of para-hydroxylation sites is 1. The van der Waals surface area contributed by atoms with Crippen LogP contribution in [0.4, 0.5) is 0 Å². The smallest absolute Gasteiger partial charge is 0.155 e. The quantitative estimate of drug-likeness (QED) is 0.694. The maximum atomic E-state index is 11.5. The van der Waals surface area contributed by atoms with Gasteiger partial charge in [-0.2, -0.15) is 0 Å². The highest BCUT2D eigenvalue weighted by Gasteiger charge is 2.11. The predicted molar refractivity (Wildman–Crippen MR) is 79.7 cm³/mol. The molecule has 0 saturated heterocycles. The molecular formula is C14H19N3O3S. The third kappa shape index (κ3) is 5.18. The van der Waals surface area contributed by atoms with E-state index >= 15 is 0 Å². The number of benzene rings is 1. The minimum absolute atomic E-state index is 0.0516. The summed E-state index contributed by atoms with van der Waals surface area (Å²) in [4.78, 5) is 0. The van der Waals surface area contributed by atoms with Gasteiger partial charge < -0.3 is 4.74 Å². The van der Waals surface area contributed by atoms with Crippen molar-refractivity contribution in [2.45, 2.75) is 25.6 Å². The molecule has 0 aliphatic carbocycles. The van der Waals surface area contributed by atoms with Crippen LogP contribution >= 0.6 is 0 Å². The van der Waals surface area contributed by atoms with E-state index in [1.165, 1.54) is 0 Å². The fraction of sp³-hybridized carbons (Fsp3) is 0.429. The second-order valence-electron chi connectivity index (χ2n) is 4.66. The first-order valence-corrected chi connectivity index (χ1v) is 8.68. The van der Waals surface area contributed by atoms with Gasteiger partial charge in [0.1, 0.15) is 5.75 Å². The zero-order valence-corrected chi connectivity index (χ0v) is 12.8. The van der Waals surface area contributed by atoms with Gasteiger partial charge in [0.05, 0.1) is 18.1 Å². The van der Waals surface area contributed by atoms with Gasteiger partial charge >= 0.3 is 0 Å². The molecule has 0 saturated carbocycles. The molecule has 0 spiro atoms. The number of hydrogen-bond acceptors (Lipinski definition) is 5. The monoisotopic (exact) mass is 309 g/mol. The molecule has 0 atom stereocenters. The highest BCUT2D eigenvalue weighted by atomic mass is 32.2. The standard InChI is InChI=1S/C14H19N3O3S/c1-2-21(18,19)12-13-11-17(16-15-13)9-6-10-20-14-7-4-3-5-8-14/h3-5,7-8,11H,2,6,9-10,12H2,1H3. The third-order valence-electron chi connectivity index (χ3n) is 2.94. The van der Waals surface area contributed by atoms with Gasteiger partial charge in [-0.15, -0.1) is 5.10 Å². The number of hydrogen-bond donors (Lipinski definition) is 0. The average Bonchev–Trinajstić information content (AvgIpc) is 2.91. The fourth-order valence-corrected chi connectivity index (χ4v) is 2.56. The van der Waals surface area contributed by atoms with E-state index in [9.17, 15) is 8.42 Å². The van der Waals surface area contributed by atoms with E-state index in [1.54, 1.807) is 17.8 Å². The summed E-state index contributed by atoms with van der Waals surface area (Å²) in [6, 6.07) is 9.60. The highest BCUT2D eigenvalue weighted by molar-refractivity contribution is 7.90. The van der Waals surface area contributed by atoms with Gasteiger partial charge in [0.2, 0.25) is 0 Å². The minimum atomic E-state index is -3.06. The van der Waals surface area contributed by atoms with Gasteiger partial charge in [-0.05, 0) is 12.1 Å². The topological polar surface area (TPSA) is 74.1 Å². The first kappa shape index (κ1) is 15.5. The number of aromatic nitrogens is 3. The Bertz CT molecular complexity index is 653. The van der Waals surface area contributed by atoms with Crippen molar-refractivity contribution in [1.82, 2.24) is 15.0 Å². The average molecular weight is 309 g/mol. The van der Waals surface area contributed by atoms with E-state index in [4.69, 9.17) is 4.74 Å². The van der Waals surface area contributed by atoms with Crippen LogP contribution < -0.4 is 4.74 Å². The van der Waals surface area contributed by atoms with E-state index in [0.717, 1.165) is 12.2 Å². The molecule has 2 rings (SSSR count). The van der Waals surface area contributed by atoms with Gasteiger partial charge in [0.25, 0.3) is 0 Å². The molecule has 0 aliphatic heterocycles. The maximum absolute atomic E-state index is 11.5. The summed E-state index contributed by atoms with van der Waals surface area (Å²) in [6.07, 6.45) is 2.45. The SMILES string of the molecule is CCS(=O)(=O)Cc1cn(CCCOc2ccccc2)nn1. The van der Waals surface area contributed by atoms with E-state index in [0.29, 0.717) is 18.8 Å². The molecule has 6 nitrogen and oxygen atoms in total. The Morgan fingerprint density at radius 3 is 2.71 bits per heavy atom. The molecule has 1 aromatic carbocycles. The van der Waals surface area contributed by atoms with Crippen LogP contribution in [0.1, 0.15) is 19.0 Å². The van der Waals surface area contributed by atoms with Gasteiger partial charge in [-0.1, -0.05) is 30.3 Å². The van der Waals surface area contributed by atoms with Crippen molar-refractivity contribution < 1.29 is 13.2 Å². The van der Waals surface area contributed by atoms with Crippen molar-refractivity contribution in [3.05, 3.63) is 42.2 Å². The van der Waals surface area contributed by atoms with Crippen molar-refractivity contribution in [2.75, 3.05) is 12.4 Å². The van der Waals surface area contributed by atoms with Gasteiger partial charge in [-0.25, -0.2) is 8.42 Å². The summed E-state index contributed by atoms with van der Waals surface area (Å²) < 4.78 is 30.2. The number of rotatable bonds is 8. The van der Waals surface area contributed by atoms with Gasteiger partial charge in [-0.3, -0.25) is 4.68 Å². The Morgan fingerprint density at radius 1 is 1.24 bits per heavy atom. The molecule has 0 unspecified atom stereocenters. The fourth-order valence-electron chi connectivity index (χ4n) is 1.77. The number of ether oxygens (including phenoxy) is 1. The van der Waals surface area contributed by atoms with E-state index in [1.807, 2.05) is 30.3 Å². The van der Waals surface area contributed by atoms with Crippen molar-refractivity contribution in [3.63, 3.8) is 0 Å². The van der Waals surface area contributed by atoms with Crippen LogP contribution in [0.15, 0.2) is 36.5 Å². The lowest BCUT2D eigenvalue weighted by Gasteiger charge is -2.05. The Balaban J connectivity index is 1.76. The van der Waals surface area contributed by atoms with Crippen LogP contribution in [0.3, 0.4) is 0 Å². The Morgan fingerprint density at radius 2 is 2.00 bits per heavy atom. The summed E-state index contributed by atoms with van der Waals surface area (Å²) in [7, 11) is -3.06. The van der Waals surface area contributed by atoms with Crippen LogP contribution in [-0.4, -0.2) is 35.8 Å². The molecule has 114 valence electrons. The number of sulfone groups is 1. The summed E-state index contributed by atoms with van der Waals surface area (Å²) in [6.45, 7) is 2.85. The molecule has 0 aliphatic rings. The van der Waals surface area contributed by atoms with E-state index in [-0.39, 0.29) is 11.5 Å². The lowest BCUT2D eigenvalue weighted by atomic mass is 10.3. The Kier molecular flexibility index (Phi) is 5.32.